The van der Waals surface area contributed by atoms with E-state index in [1.807, 2.05) is 36.3 Å². The van der Waals surface area contributed by atoms with Crippen LogP contribution in [-0.4, -0.2) is 9.78 Å². The number of benzene rings is 1. The Hall–Kier alpha value is -1.61. The Labute approximate surface area is 102 Å². The topological polar surface area (TPSA) is 43.8 Å². The van der Waals surface area contributed by atoms with Crippen molar-refractivity contribution < 1.29 is 0 Å². The van der Waals surface area contributed by atoms with Gasteiger partial charge in [-0.2, -0.15) is 5.10 Å². The lowest BCUT2D eigenvalue weighted by molar-refractivity contribution is 0.488. The molecule has 0 aliphatic carbocycles. The van der Waals surface area contributed by atoms with Gasteiger partial charge in [0.05, 0.1) is 6.20 Å². The summed E-state index contributed by atoms with van der Waals surface area (Å²) in [5.41, 5.74) is 9.69. The van der Waals surface area contributed by atoms with Crippen LogP contribution in [0.4, 0.5) is 0 Å². The summed E-state index contributed by atoms with van der Waals surface area (Å²) in [7, 11) is 1.92. The predicted molar refractivity (Wildman–Crippen MR) is 69.6 cm³/mol. The van der Waals surface area contributed by atoms with E-state index < -0.39 is 0 Å². The van der Waals surface area contributed by atoms with Crippen molar-refractivity contribution in [3.05, 3.63) is 53.3 Å². The van der Waals surface area contributed by atoms with Gasteiger partial charge in [-0.1, -0.05) is 24.3 Å². The predicted octanol–water partition coefficient (Wildman–Crippen LogP) is 2.15. The van der Waals surface area contributed by atoms with Gasteiger partial charge < -0.3 is 5.73 Å². The molecule has 90 valence electrons. The molecule has 0 spiro atoms. The molecule has 3 heteroatoms. The Morgan fingerprint density at radius 2 is 2.06 bits per heavy atom. The molecule has 1 aromatic carbocycles. The minimum Gasteiger partial charge on any atom is -0.321 e. The first-order valence-electron chi connectivity index (χ1n) is 5.81. The highest BCUT2D eigenvalue weighted by Gasteiger charge is 2.23. The van der Waals surface area contributed by atoms with Crippen molar-refractivity contribution in [2.45, 2.75) is 25.8 Å². The Balaban J connectivity index is 2.27. The van der Waals surface area contributed by atoms with E-state index in [0.29, 0.717) is 0 Å². The first kappa shape index (κ1) is 11.9. The third kappa shape index (κ3) is 2.56. The molecule has 0 saturated carbocycles. The van der Waals surface area contributed by atoms with Crippen LogP contribution in [0, 0.1) is 6.92 Å². The zero-order chi connectivity index (χ0) is 12.5. The molecule has 3 nitrogen and oxygen atoms in total. The van der Waals surface area contributed by atoms with E-state index in [0.717, 1.165) is 6.42 Å². The molecule has 0 radical (unpaired) electrons. The molecule has 17 heavy (non-hydrogen) atoms. The molecule has 2 rings (SSSR count). The Kier molecular flexibility index (Phi) is 3.03. The lowest BCUT2D eigenvalue weighted by Gasteiger charge is -2.26. The number of aryl methyl sites for hydroxylation is 2. The summed E-state index contributed by atoms with van der Waals surface area (Å²) in [6.45, 7) is 4.17. The van der Waals surface area contributed by atoms with Gasteiger partial charge in [0.25, 0.3) is 0 Å². The molecule has 0 aliphatic rings. The zero-order valence-corrected chi connectivity index (χ0v) is 10.6. The van der Waals surface area contributed by atoms with Gasteiger partial charge in [0.1, 0.15) is 0 Å². The highest BCUT2D eigenvalue weighted by molar-refractivity contribution is 5.33. The maximum absolute atomic E-state index is 6.44. The van der Waals surface area contributed by atoms with Crippen molar-refractivity contribution >= 4 is 0 Å². The van der Waals surface area contributed by atoms with Crippen LogP contribution in [-0.2, 0) is 19.0 Å². The number of nitrogens with zero attached hydrogens (tertiary/aromatic N) is 2. The average molecular weight is 229 g/mol. The van der Waals surface area contributed by atoms with E-state index in [4.69, 9.17) is 5.73 Å². The van der Waals surface area contributed by atoms with Crippen LogP contribution in [0.5, 0.6) is 0 Å². The summed E-state index contributed by atoms with van der Waals surface area (Å²) in [6.07, 6.45) is 4.69. The number of aromatic nitrogens is 2. The van der Waals surface area contributed by atoms with E-state index in [1.54, 1.807) is 0 Å². The standard InChI is InChI=1S/C14H19N3/c1-11-6-4-5-7-13(11)14(2,15)8-12-9-16-17(3)10-12/h4-7,9-10H,8,15H2,1-3H3. The smallest absolute Gasteiger partial charge is 0.0522 e. The summed E-state index contributed by atoms with van der Waals surface area (Å²) in [5.74, 6) is 0. The van der Waals surface area contributed by atoms with Gasteiger partial charge >= 0.3 is 0 Å². The van der Waals surface area contributed by atoms with Gasteiger partial charge in [-0.05, 0) is 37.0 Å². The number of hydrogen-bond acceptors (Lipinski definition) is 2. The van der Waals surface area contributed by atoms with Gasteiger partial charge in [0, 0.05) is 18.8 Å². The summed E-state index contributed by atoms with van der Waals surface area (Å²) >= 11 is 0. The lowest BCUT2D eigenvalue weighted by Crippen LogP contribution is -2.36. The molecule has 0 aliphatic heterocycles. The van der Waals surface area contributed by atoms with E-state index in [9.17, 15) is 0 Å². The molecule has 0 amide bonds. The SMILES string of the molecule is Cc1ccccc1C(C)(N)Cc1cnn(C)c1. The Morgan fingerprint density at radius 1 is 1.35 bits per heavy atom. The van der Waals surface area contributed by atoms with Gasteiger partial charge in [0.15, 0.2) is 0 Å². The van der Waals surface area contributed by atoms with Crippen LogP contribution in [0.3, 0.4) is 0 Å². The number of hydrogen-bond donors (Lipinski definition) is 1. The fourth-order valence-corrected chi connectivity index (χ4v) is 2.30. The highest BCUT2D eigenvalue weighted by atomic mass is 15.2. The molecule has 1 aromatic heterocycles. The first-order chi connectivity index (χ1) is 7.99. The van der Waals surface area contributed by atoms with Crippen LogP contribution in [0.15, 0.2) is 36.7 Å². The summed E-state index contributed by atoms with van der Waals surface area (Å²) in [5, 5.41) is 4.18. The van der Waals surface area contributed by atoms with Crippen molar-refractivity contribution in [1.29, 1.82) is 0 Å². The minimum atomic E-state index is -0.353. The van der Waals surface area contributed by atoms with Crippen molar-refractivity contribution in [3.63, 3.8) is 0 Å². The molecule has 1 unspecified atom stereocenters. The van der Waals surface area contributed by atoms with Crippen LogP contribution >= 0.6 is 0 Å². The van der Waals surface area contributed by atoms with Gasteiger partial charge in [-0.15, -0.1) is 0 Å². The summed E-state index contributed by atoms with van der Waals surface area (Å²) < 4.78 is 1.81. The molecular formula is C14H19N3. The van der Waals surface area contributed by atoms with Crippen molar-refractivity contribution in [1.82, 2.24) is 9.78 Å². The molecule has 0 fully saturated rings. The molecule has 2 N–H and O–H groups in total. The van der Waals surface area contributed by atoms with E-state index in [2.05, 4.69) is 31.1 Å². The third-order valence-corrected chi connectivity index (χ3v) is 3.09. The van der Waals surface area contributed by atoms with E-state index >= 15 is 0 Å². The average Bonchev–Trinajstić information content (AvgIpc) is 2.63. The molecule has 2 aromatic rings. The second-order valence-corrected chi connectivity index (χ2v) is 4.93. The van der Waals surface area contributed by atoms with Gasteiger partial charge in [0.2, 0.25) is 0 Å². The molecule has 1 heterocycles. The van der Waals surface area contributed by atoms with Crippen LogP contribution < -0.4 is 5.73 Å². The van der Waals surface area contributed by atoms with E-state index in [1.165, 1.54) is 16.7 Å². The number of nitrogens with two attached hydrogens (primary N) is 1. The molecular weight excluding hydrogens is 210 g/mol. The normalized spacial score (nSPS) is 14.6. The third-order valence-electron chi connectivity index (χ3n) is 3.09. The zero-order valence-electron chi connectivity index (χ0n) is 10.6. The van der Waals surface area contributed by atoms with Crippen molar-refractivity contribution in [2.24, 2.45) is 12.8 Å². The van der Waals surface area contributed by atoms with Gasteiger partial charge in [-0.25, -0.2) is 0 Å². The summed E-state index contributed by atoms with van der Waals surface area (Å²) in [6, 6.07) is 8.28. The Bertz CT molecular complexity index is 512. The highest BCUT2D eigenvalue weighted by Crippen LogP contribution is 2.25. The summed E-state index contributed by atoms with van der Waals surface area (Å²) in [4.78, 5) is 0. The van der Waals surface area contributed by atoms with Crippen molar-refractivity contribution in [3.8, 4) is 0 Å². The monoisotopic (exact) mass is 229 g/mol. The largest absolute Gasteiger partial charge is 0.321 e. The second kappa shape index (κ2) is 4.34. The van der Waals surface area contributed by atoms with E-state index in [-0.39, 0.29) is 5.54 Å². The van der Waals surface area contributed by atoms with Crippen molar-refractivity contribution in [2.75, 3.05) is 0 Å². The first-order valence-corrected chi connectivity index (χ1v) is 5.81. The fourth-order valence-electron chi connectivity index (χ4n) is 2.30. The maximum Gasteiger partial charge on any atom is 0.0522 e. The quantitative estimate of drug-likeness (QED) is 0.876. The maximum atomic E-state index is 6.44. The van der Waals surface area contributed by atoms with Gasteiger partial charge in [-0.3, -0.25) is 4.68 Å². The number of rotatable bonds is 3. The Morgan fingerprint density at radius 3 is 2.65 bits per heavy atom. The van der Waals surface area contributed by atoms with Crippen LogP contribution in [0.2, 0.25) is 0 Å². The fraction of sp³-hybridized carbons (Fsp3) is 0.357. The molecule has 0 bridgehead atoms. The molecule has 1 atom stereocenters. The lowest BCUT2D eigenvalue weighted by atomic mass is 9.85. The van der Waals surface area contributed by atoms with Crippen LogP contribution in [0.1, 0.15) is 23.6 Å². The minimum absolute atomic E-state index is 0.353. The molecule has 0 saturated heterocycles. The van der Waals surface area contributed by atoms with Crippen LogP contribution in [0.25, 0.3) is 0 Å². The second-order valence-electron chi connectivity index (χ2n) is 4.93.